The van der Waals surface area contributed by atoms with Gasteiger partial charge in [0.15, 0.2) is 5.96 Å². The number of morpholine rings is 1. The van der Waals surface area contributed by atoms with Crippen molar-refractivity contribution in [3.05, 3.63) is 29.8 Å². The molecule has 0 aromatic heterocycles. The van der Waals surface area contributed by atoms with Crippen LogP contribution in [-0.2, 0) is 11.3 Å². The quantitative estimate of drug-likeness (QED) is 0.572. The summed E-state index contributed by atoms with van der Waals surface area (Å²) in [7, 11) is 0. The Hall–Kier alpha value is -1.79. The van der Waals surface area contributed by atoms with Gasteiger partial charge in [-0.15, -0.1) is 0 Å². The summed E-state index contributed by atoms with van der Waals surface area (Å²) in [6, 6.07) is 7.83. The molecular formula is C14H22N4O2. The minimum absolute atomic E-state index is 0.101. The second-order valence-electron chi connectivity index (χ2n) is 4.69. The van der Waals surface area contributed by atoms with Crippen LogP contribution in [0.1, 0.15) is 5.56 Å². The third-order valence-corrected chi connectivity index (χ3v) is 3.12. The number of rotatable bonds is 6. The molecule has 1 saturated heterocycles. The van der Waals surface area contributed by atoms with Gasteiger partial charge in [0.2, 0.25) is 0 Å². The van der Waals surface area contributed by atoms with Crippen molar-refractivity contribution in [3.63, 3.8) is 0 Å². The Kier molecular flexibility index (Phi) is 5.64. The lowest BCUT2D eigenvalue weighted by molar-refractivity contribution is 0.0322. The monoisotopic (exact) mass is 278 g/mol. The van der Waals surface area contributed by atoms with E-state index in [-0.39, 0.29) is 5.96 Å². The molecule has 0 aliphatic carbocycles. The number of ether oxygens (including phenoxy) is 2. The first-order valence-corrected chi connectivity index (χ1v) is 6.81. The van der Waals surface area contributed by atoms with Crippen LogP contribution < -0.4 is 16.2 Å². The van der Waals surface area contributed by atoms with Crippen LogP contribution in [0.25, 0.3) is 0 Å². The summed E-state index contributed by atoms with van der Waals surface area (Å²) in [5, 5.41) is 0. The van der Waals surface area contributed by atoms with Crippen molar-refractivity contribution in [3.8, 4) is 5.75 Å². The number of guanidine groups is 1. The standard InChI is InChI=1S/C14H22N4O2/c15-14(16)17-11-12-2-1-3-13(10-12)20-9-6-18-4-7-19-8-5-18/h1-3,10H,4-9,11H2,(H4,15,16,17). The van der Waals surface area contributed by atoms with Crippen molar-refractivity contribution in [1.82, 2.24) is 4.90 Å². The zero-order valence-corrected chi connectivity index (χ0v) is 11.6. The predicted molar refractivity (Wildman–Crippen MR) is 78.7 cm³/mol. The van der Waals surface area contributed by atoms with E-state index >= 15 is 0 Å². The normalized spacial score (nSPS) is 15.8. The minimum atomic E-state index is 0.101. The lowest BCUT2D eigenvalue weighted by atomic mass is 10.2. The van der Waals surface area contributed by atoms with E-state index < -0.39 is 0 Å². The molecule has 6 heteroatoms. The molecule has 2 rings (SSSR count). The summed E-state index contributed by atoms with van der Waals surface area (Å²) in [5.74, 6) is 0.949. The first-order valence-electron chi connectivity index (χ1n) is 6.81. The molecule has 0 saturated carbocycles. The van der Waals surface area contributed by atoms with Crippen LogP contribution in [0, 0.1) is 0 Å². The Balaban J connectivity index is 1.77. The van der Waals surface area contributed by atoms with E-state index in [1.165, 1.54) is 0 Å². The molecule has 1 aliphatic rings. The number of hydrogen-bond acceptors (Lipinski definition) is 4. The maximum absolute atomic E-state index is 5.76. The molecule has 0 bridgehead atoms. The van der Waals surface area contributed by atoms with E-state index in [9.17, 15) is 0 Å². The van der Waals surface area contributed by atoms with Crippen LogP contribution in [0.15, 0.2) is 29.3 Å². The molecule has 1 aliphatic heterocycles. The zero-order chi connectivity index (χ0) is 14.2. The number of nitrogens with zero attached hydrogens (tertiary/aromatic N) is 2. The maximum Gasteiger partial charge on any atom is 0.186 e. The summed E-state index contributed by atoms with van der Waals surface area (Å²) < 4.78 is 11.1. The van der Waals surface area contributed by atoms with Crippen LogP contribution >= 0.6 is 0 Å². The second-order valence-corrected chi connectivity index (χ2v) is 4.69. The third-order valence-electron chi connectivity index (χ3n) is 3.12. The lowest BCUT2D eigenvalue weighted by Crippen LogP contribution is -2.38. The van der Waals surface area contributed by atoms with E-state index in [0.29, 0.717) is 13.2 Å². The summed E-state index contributed by atoms with van der Waals surface area (Å²) >= 11 is 0. The Labute approximate surface area is 119 Å². The molecule has 1 heterocycles. The van der Waals surface area contributed by atoms with Gasteiger partial charge in [-0.2, -0.15) is 0 Å². The molecule has 1 aromatic rings. The molecule has 0 amide bonds. The summed E-state index contributed by atoms with van der Waals surface area (Å²) in [4.78, 5) is 6.32. The minimum Gasteiger partial charge on any atom is -0.492 e. The van der Waals surface area contributed by atoms with Crippen LogP contribution in [0.5, 0.6) is 5.75 Å². The number of benzene rings is 1. The largest absolute Gasteiger partial charge is 0.492 e. The first kappa shape index (κ1) is 14.6. The number of aliphatic imine (C=N–C) groups is 1. The summed E-state index contributed by atoms with van der Waals surface area (Å²) in [6.07, 6.45) is 0. The Morgan fingerprint density at radius 1 is 1.30 bits per heavy atom. The van der Waals surface area contributed by atoms with Gasteiger partial charge in [-0.1, -0.05) is 12.1 Å². The second kappa shape index (κ2) is 7.72. The van der Waals surface area contributed by atoms with Gasteiger partial charge in [-0.25, -0.2) is 4.99 Å². The molecule has 110 valence electrons. The number of nitrogens with two attached hydrogens (primary N) is 2. The molecular weight excluding hydrogens is 256 g/mol. The lowest BCUT2D eigenvalue weighted by Gasteiger charge is -2.26. The topological polar surface area (TPSA) is 86.1 Å². The Morgan fingerprint density at radius 2 is 2.10 bits per heavy atom. The maximum atomic E-state index is 5.76. The van der Waals surface area contributed by atoms with Crippen LogP contribution in [-0.4, -0.2) is 50.3 Å². The van der Waals surface area contributed by atoms with Gasteiger partial charge >= 0.3 is 0 Å². The van der Waals surface area contributed by atoms with Crippen LogP contribution in [0.2, 0.25) is 0 Å². The predicted octanol–water partition coefficient (Wildman–Crippen LogP) is 0.171. The zero-order valence-electron chi connectivity index (χ0n) is 11.6. The van der Waals surface area contributed by atoms with Gasteiger partial charge in [0.25, 0.3) is 0 Å². The highest BCUT2D eigenvalue weighted by Crippen LogP contribution is 2.14. The highest BCUT2D eigenvalue weighted by atomic mass is 16.5. The Morgan fingerprint density at radius 3 is 2.85 bits per heavy atom. The summed E-state index contributed by atoms with van der Waals surface area (Å²) in [6.45, 7) is 5.65. The van der Waals surface area contributed by atoms with Gasteiger partial charge in [0, 0.05) is 19.6 Å². The molecule has 4 N–H and O–H groups in total. The summed E-state index contributed by atoms with van der Waals surface area (Å²) in [5.41, 5.74) is 11.7. The highest BCUT2D eigenvalue weighted by molar-refractivity contribution is 5.75. The first-order chi connectivity index (χ1) is 9.74. The average molecular weight is 278 g/mol. The molecule has 1 aromatic carbocycles. The molecule has 0 radical (unpaired) electrons. The molecule has 0 atom stereocenters. The van der Waals surface area contributed by atoms with E-state index in [1.807, 2.05) is 24.3 Å². The van der Waals surface area contributed by atoms with E-state index in [4.69, 9.17) is 20.9 Å². The van der Waals surface area contributed by atoms with Crippen LogP contribution in [0.4, 0.5) is 0 Å². The van der Waals surface area contributed by atoms with E-state index in [1.54, 1.807) is 0 Å². The molecule has 20 heavy (non-hydrogen) atoms. The molecule has 6 nitrogen and oxygen atoms in total. The van der Waals surface area contributed by atoms with E-state index in [0.717, 1.165) is 44.2 Å². The fourth-order valence-corrected chi connectivity index (χ4v) is 2.03. The van der Waals surface area contributed by atoms with Crippen molar-refractivity contribution in [1.29, 1.82) is 0 Å². The van der Waals surface area contributed by atoms with Crippen LogP contribution in [0.3, 0.4) is 0 Å². The Bertz CT molecular complexity index is 441. The van der Waals surface area contributed by atoms with Crippen molar-refractivity contribution in [2.45, 2.75) is 6.54 Å². The average Bonchev–Trinajstić information content (AvgIpc) is 2.47. The molecule has 0 unspecified atom stereocenters. The third kappa shape index (κ3) is 5.07. The van der Waals surface area contributed by atoms with Crippen molar-refractivity contribution in [2.75, 3.05) is 39.5 Å². The van der Waals surface area contributed by atoms with E-state index in [2.05, 4.69) is 9.89 Å². The molecule has 1 fully saturated rings. The SMILES string of the molecule is NC(N)=NCc1cccc(OCCN2CCOCC2)c1. The van der Waals surface area contributed by atoms with Crippen molar-refractivity contribution >= 4 is 5.96 Å². The fraction of sp³-hybridized carbons (Fsp3) is 0.500. The van der Waals surface area contributed by atoms with Crippen molar-refractivity contribution < 1.29 is 9.47 Å². The highest BCUT2D eigenvalue weighted by Gasteiger charge is 2.09. The van der Waals surface area contributed by atoms with Gasteiger partial charge in [-0.05, 0) is 17.7 Å². The molecule has 0 spiro atoms. The number of hydrogen-bond donors (Lipinski definition) is 2. The van der Waals surface area contributed by atoms with Gasteiger partial charge in [0.1, 0.15) is 12.4 Å². The van der Waals surface area contributed by atoms with Gasteiger partial charge < -0.3 is 20.9 Å². The van der Waals surface area contributed by atoms with Gasteiger partial charge in [-0.3, -0.25) is 4.90 Å². The van der Waals surface area contributed by atoms with Gasteiger partial charge in [0.05, 0.1) is 19.8 Å². The van der Waals surface area contributed by atoms with Crippen molar-refractivity contribution in [2.24, 2.45) is 16.5 Å². The fourth-order valence-electron chi connectivity index (χ4n) is 2.03. The smallest absolute Gasteiger partial charge is 0.186 e.